The lowest BCUT2D eigenvalue weighted by Crippen LogP contribution is -2.44. The van der Waals surface area contributed by atoms with Crippen LogP contribution in [0, 0.1) is 23.2 Å². The van der Waals surface area contributed by atoms with Crippen molar-refractivity contribution in [3.63, 3.8) is 0 Å². The highest BCUT2D eigenvalue weighted by Crippen LogP contribution is 2.27. The second-order valence-electron chi connectivity index (χ2n) is 9.07. The van der Waals surface area contributed by atoms with Crippen molar-refractivity contribution in [2.75, 3.05) is 19.6 Å². The Kier molecular flexibility index (Phi) is 5.87. The zero-order valence-corrected chi connectivity index (χ0v) is 19.2. The number of fused-ring (bicyclic) bond motifs is 1. The molecular weight excluding hydrogens is 422 g/mol. The first-order valence-electron chi connectivity index (χ1n) is 11.6. The maximum absolute atomic E-state index is 13.0. The zero-order chi connectivity index (χ0) is 23.7. The van der Waals surface area contributed by atoms with Crippen LogP contribution < -0.4 is 5.73 Å². The molecule has 0 saturated carbocycles. The van der Waals surface area contributed by atoms with E-state index in [1.54, 1.807) is 0 Å². The van der Waals surface area contributed by atoms with Crippen LogP contribution in [-0.2, 0) is 0 Å². The molecule has 2 N–H and O–H groups in total. The van der Waals surface area contributed by atoms with Gasteiger partial charge in [0.2, 0.25) is 0 Å². The fraction of sp³-hybridized carbons (Fsp3) is 0.250. The highest BCUT2D eigenvalue weighted by molar-refractivity contribution is 5.94. The highest BCUT2D eigenvalue weighted by atomic mass is 16.2. The number of piperidine rings is 1. The van der Waals surface area contributed by atoms with Crippen molar-refractivity contribution >= 4 is 11.6 Å². The lowest BCUT2D eigenvalue weighted by atomic mass is 9.87. The van der Waals surface area contributed by atoms with E-state index < -0.39 is 0 Å². The average Bonchev–Trinajstić information content (AvgIpc) is 3.31. The number of aromatic nitrogens is 2. The number of imidazole rings is 1. The first kappa shape index (κ1) is 21.9. The van der Waals surface area contributed by atoms with Crippen LogP contribution in [0.2, 0.25) is 0 Å². The SMILES string of the molecule is C[C@@H]1CN(C(=O)c2ccc(-c3ccc4ncc(-c5ccc(C#N)cc5)n4c3)cc2)CCC1CN. The number of likely N-dealkylation sites (tertiary alicyclic amines) is 1. The van der Waals surface area contributed by atoms with Gasteiger partial charge in [-0.3, -0.25) is 9.20 Å². The number of nitrogens with zero attached hydrogens (tertiary/aromatic N) is 4. The van der Waals surface area contributed by atoms with Crippen molar-refractivity contribution in [3.8, 4) is 28.5 Å². The van der Waals surface area contributed by atoms with Gasteiger partial charge in [-0.2, -0.15) is 5.26 Å². The minimum absolute atomic E-state index is 0.0852. The minimum Gasteiger partial charge on any atom is -0.338 e. The molecular formula is C28H27N5O. The van der Waals surface area contributed by atoms with Crippen molar-refractivity contribution in [1.29, 1.82) is 5.26 Å². The van der Waals surface area contributed by atoms with Crippen LogP contribution in [-0.4, -0.2) is 39.8 Å². The number of hydrogen-bond donors (Lipinski definition) is 1. The monoisotopic (exact) mass is 449 g/mol. The summed E-state index contributed by atoms with van der Waals surface area (Å²) in [6, 6.07) is 21.5. The molecule has 6 heteroatoms. The Labute approximate surface area is 199 Å². The molecule has 2 aromatic carbocycles. The van der Waals surface area contributed by atoms with E-state index in [2.05, 4.69) is 28.6 Å². The summed E-state index contributed by atoms with van der Waals surface area (Å²) in [5, 5.41) is 9.06. The third kappa shape index (κ3) is 4.07. The molecule has 6 nitrogen and oxygen atoms in total. The summed E-state index contributed by atoms with van der Waals surface area (Å²) >= 11 is 0. The van der Waals surface area contributed by atoms with Crippen molar-refractivity contribution in [3.05, 3.63) is 84.2 Å². The first-order chi connectivity index (χ1) is 16.6. The largest absolute Gasteiger partial charge is 0.338 e. The maximum Gasteiger partial charge on any atom is 0.253 e. The number of pyridine rings is 1. The van der Waals surface area contributed by atoms with Crippen LogP contribution >= 0.6 is 0 Å². The van der Waals surface area contributed by atoms with Gasteiger partial charge in [0.05, 0.1) is 23.5 Å². The van der Waals surface area contributed by atoms with Gasteiger partial charge in [-0.1, -0.05) is 31.2 Å². The third-order valence-corrected chi connectivity index (χ3v) is 6.95. The van der Waals surface area contributed by atoms with E-state index in [1.807, 2.05) is 71.8 Å². The topological polar surface area (TPSA) is 87.4 Å². The Bertz CT molecular complexity index is 1360. The van der Waals surface area contributed by atoms with E-state index >= 15 is 0 Å². The number of carbonyl (C=O) groups excluding carboxylic acids is 1. The van der Waals surface area contributed by atoms with Gasteiger partial charge in [0.15, 0.2) is 0 Å². The minimum atomic E-state index is 0.0852. The molecule has 0 spiro atoms. The van der Waals surface area contributed by atoms with Gasteiger partial charge in [0.25, 0.3) is 5.91 Å². The Morgan fingerprint density at radius 1 is 1.06 bits per heavy atom. The quantitative estimate of drug-likeness (QED) is 0.493. The van der Waals surface area contributed by atoms with Gasteiger partial charge in [0, 0.05) is 30.4 Å². The van der Waals surface area contributed by atoms with Gasteiger partial charge in [-0.05, 0) is 72.3 Å². The number of nitrogens with two attached hydrogens (primary N) is 1. The van der Waals surface area contributed by atoms with Crippen LogP contribution in [0.15, 0.2) is 73.1 Å². The van der Waals surface area contributed by atoms with Gasteiger partial charge in [-0.25, -0.2) is 4.98 Å². The number of nitriles is 1. The van der Waals surface area contributed by atoms with Crippen LogP contribution in [0.1, 0.15) is 29.3 Å². The molecule has 170 valence electrons. The smallest absolute Gasteiger partial charge is 0.253 e. The normalized spacial score (nSPS) is 18.1. The Balaban J connectivity index is 1.39. The molecule has 1 aliphatic heterocycles. The average molecular weight is 450 g/mol. The van der Waals surface area contributed by atoms with Crippen LogP contribution in [0.5, 0.6) is 0 Å². The summed E-state index contributed by atoms with van der Waals surface area (Å²) in [4.78, 5) is 19.5. The molecule has 0 aliphatic carbocycles. The lowest BCUT2D eigenvalue weighted by molar-refractivity contribution is 0.0619. The summed E-state index contributed by atoms with van der Waals surface area (Å²) < 4.78 is 2.05. The fourth-order valence-electron chi connectivity index (χ4n) is 4.80. The standard InChI is InChI=1S/C28H27N5O/c1-19-17-32(13-12-24(19)15-30)28(34)23-8-6-21(7-9-23)25-10-11-27-31-16-26(33(27)18-25)22-4-2-20(14-29)3-5-22/h2-11,16,18-19,24H,12-13,15,17,30H2,1H3/t19-,24?/m1/s1. The van der Waals surface area contributed by atoms with Gasteiger partial charge in [0.1, 0.15) is 5.65 Å². The first-order valence-corrected chi connectivity index (χ1v) is 11.6. The second-order valence-corrected chi connectivity index (χ2v) is 9.07. The Hall–Kier alpha value is -3.95. The molecule has 2 aromatic heterocycles. The molecule has 34 heavy (non-hydrogen) atoms. The van der Waals surface area contributed by atoms with E-state index in [9.17, 15) is 4.79 Å². The maximum atomic E-state index is 13.0. The summed E-state index contributed by atoms with van der Waals surface area (Å²) in [5.74, 6) is 1.01. The van der Waals surface area contributed by atoms with Crippen molar-refractivity contribution in [2.45, 2.75) is 13.3 Å². The molecule has 0 radical (unpaired) electrons. The van der Waals surface area contributed by atoms with E-state index in [0.29, 0.717) is 29.5 Å². The molecule has 1 amide bonds. The van der Waals surface area contributed by atoms with Gasteiger partial charge in [-0.15, -0.1) is 0 Å². The summed E-state index contributed by atoms with van der Waals surface area (Å²) in [6.07, 6.45) is 4.87. The van der Waals surface area contributed by atoms with Crippen molar-refractivity contribution < 1.29 is 4.79 Å². The number of benzene rings is 2. The van der Waals surface area contributed by atoms with Crippen LogP contribution in [0.4, 0.5) is 0 Å². The fourth-order valence-corrected chi connectivity index (χ4v) is 4.80. The second kappa shape index (κ2) is 9.12. The Morgan fingerprint density at radius 3 is 2.44 bits per heavy atom. The number of hydrogen-bond acceptors (Lipinski definition) is 4. The number of amides is 1. The van der Waals surface area contributed by atoms with Gasteiger partial charge < -0.3 is 10.6 Å². The molecule has 1 fully saturated rings. The summed E-state index contributed by atoms with van der Waals surface area (Å²) in [6.45, 7) is 4.39. The molecule has 3 heterocycles. The predicted molar refractivity (Wildman–Crippen MR) is 133 cm³/mol. The van der Waals surface area contributed by atoms with E-state index in [1.165, 1.54) is 0 Å². The van der Waals surface area contributed by atoms with E-state index in [-0.39, 0.29) is 5.91 Å². The van der Waals surface area contributed by atoms with Gasteiger partial charge >= 0.3 is 0 Å². The van der Waals surface area contributed by atoms with Crippen molar-refractivity contribution in [2.24, 2.45) is 17.6 Å². The predicted octanol–water partition coefficient (Wildman–Crippen LogP) is 4.60. The van der Waals surface area contributed by atoms with Crippen molar-refractivity contribution in [1.82, 2.24) is 14.3 Å². The molecule has 4 aromatic rings. The molecule has 5 rings (SSSR count). The van der Waals surface area contributed by atoms with E-state index in [4.69, 9.17) is 11.0 Å². The van der Waals surface area contributed by atoms with Crippen LogP contribution in [0.3, 0.4) is 0 Å². The lowest BCUT2D eigenvalue weighted by Gasteiger charge is -2.36. The number of carbonyl (C=O) groups is 1. The molecule has 0 bridgehead atoms. The molecule has 2 atom stereocenters. The molecule has 1 saturated heterocycles. The number of rotatable bonds is 4. The third-order valence-electron chi connectivity index (χ3n) is 6.95. The molecule has 1 aliphatic rings. The highest BCUT2D eigenvalue weighted by Gasteiger charge is 2.28. The summed E-state index contributed by atoms with van der Waals surface area (Å²) in [7, 11) is 0. The summed E-state index contributed by atoms with van der Waals surface area (Å²) in [5.41, 5.74) is 12.1. The Morgan fingerprint density at radius 2 is 1.76 bits per heavy atom. The van der Waals surface area contributed by atoms with E-state index in [0.717, 1.165) is 47.5 Å². The zero-order valence-electron chi connectivity index (χ0n) is 19.2. The molecule has 1 unspecified atom stereocenters. The van der Waals surface area contributed by atoms with Crippen LogP contribution in [0.25, 0.3) is 28.0 Å².